The van der Waals surface area contributed by atoms with Crippen molar-refractivity contribution in [2.45, 2.75) is 26.8 Å². The topological polar surface area (TPSA) is 43.1 Å². The molecular weight excluding hydrogens is 210 g/mol. The number of benzene rings is 1. The highest BCUT2D eigenvalue weighted by Crippen LogP contribution is 2.21. The van der Waals surface area contributed by atoms with Gasteiger partial charge in [-0.25, -0.2) is 0 Å². The van der Waals surface area contributed by atoms with E-state index in [4.69, 9.17) is 17.3 Å². The molecule has 3 heteroatoms. The van der Waals surface area contributed by atoms with Gasteiger partial charge in [0.25, 0.3) is 0 Å². The summed E-state index contributed by atoms with van der Waals surface area (Å²) in [6, 6.07) is 6.37. The summed E-state index contributed by atoms with van der Waals surface area (Å²) in [6.07, 6.45) is 0. The highest BCUT2D eigenvalue weighted by Gasteiger charge is 2.28. The van der Waals surface area contributed by atoms with Crippen molar-refractivity contribution in [1.29, 1.82) is 0 Å². The van der Waals surface area contributed by atoms with Crippen molar-refractivity contribution in [3.8, 4) is 0 Å². The van der Waals surface area contributed by atoms with Crippen molar-refractivity contribution < 1.29 is 4.79 Å². The molecule has 1 aromatic carbocycles. The fourth-order valence-corrected chi connectivity index (χ4v) is 1.40. The molecule has 1 atom stereocenters. The Hall–Kier alpha value is -0.860. The van der Waals surface area contributed by atoms with E-state index in [0.717, 1.165) is 0 Å². The summed E-state index contributed by atoms with van der Waals surface area (Å²) in [5.74, 6) is -0.0648. The van der Waals surface area contributed by atoms with Crippen molar-refractivity contribution in [2.75, 3.05) is 0 Å². The lowest BCUT2D eigenvalue weighted by molar-refractivity contribution is 0.0901. The molecule has 1 rings (SSSR count). The number of nitrogens with two attached hydrogens (primary N) is 1. The van der Waals surface area contributed by atoms with Crippen LogP contribution in [-0.4, -0.2) is 11.8 Å². The zero-order chi connectivity index (χ0) is 11.6. The number of carbonyl (C=O) groups is 1. The van der Waals surface area contributed by atoms with Crippen LogP contribution in [0.1, 0.15) is 31.1 Å². The Labute approximate surface area is 95.4 Å². The first-order chi connectivity index (χ1) is 6.82. The molecule has 0 radical (unpaired) electrons. The summed E-state index contributed by atoms with van der Waals surface area (Å²) in [5, 5.41) is 0.557. The van der Waals surface area contributed by atoms with Crippen LogP contribution in [0.5, 0.6) is 0 Å². The molecule has 15 heavy (non-hydrogen) atoms. The quantitative estimate of drug-likeness (QED) is 0.787. The summed E-state index contributed by atoms with van der Waals surface area (Å²) in [6.45, 7) is 5.83. The molecule has 0 saturated carbocycles. The van der Waals surface area contributed by atoms with Crippen molar-refractivity contribution in [2.24, 2.45) is 11.1 Å². The molecule has 0 amide bonds. The summed E-state index contributed by atoms with van der Waals surface area (Å²) >= 11 is 5.81. The van der Waals surface area contributed by atoms with Gasteiger partial charge >= 0.3 is 0 Å². The maximum atomic E-state index is 12.0. The second-order valence-corrected chi connectivity index (χ2v) is 5.15. The molecule has 2 nitrogen and oxygen atoms in total. The molecule has 82 valence electrons. The second kappa shape index (κ2) is 4.33. The number of halogens is 1. The average molecular weight is 226 g/mol. The molecule has 0 spiro atoms. The minimum atomic E-state index is -0.504. The van der Waals surface area contributed by atoms with Crippen LogP contribution in [0.4, 0.5) is 0 Å². The Bertz CT molecular complexity index is 368. The van der Waals surface area contributed by atoms with Gasteiger partial charge in [0, 0.05) is 10.6 Å². The number of Topliss-reactive ketones (excluding diaryl/α,β-unsaturated/α-hetero) is 1. The van der Waals surface area contributed by atoms with Crippen molar-refractivity contribution in [1.82, 2.24) is 0 Å². The van der Waals surface area contributed by atoms with E-state index >= 15 is 0 Å². The predicted octanol–water partition coefficient (Wildman–Crippen LogP) is 2.90. The van der Waals surface area contributed by atoms with Crippen LogP contribution in [0.15, 0.2) is 24.3 Å². The van der Waals surface area contributed by atoms with E-state index in [2.05, 4.69) is 0 Å². The maximum Gasteiger partial charge on any atom is 0.180 e. The first-order valence-electron chi connectivity index (χ1n) is 4.88. The minimum absolute atomic E-state index is 0.0648. The van der Waals surface area contributed by atoms with Crippen LogP contribution < -0.4 is 5.73 Å². The summed E-state index contributed by atoms with van der Waals surface area (Å²) in [4.78, 5) is 12.0. The van der Waals surface area contributed by atoms with Crippen molar-refractivity contribution in [3.63, 3.8) is 0 Å². The molecule has 0 aliphatic rings. The average Bonchev–Trinajstić information content (AvgIpc) is 2.14. The van der Waals surface area contributed by atoms with Crippen molar-refractivity contribution in [3.05, 3.63) is 34.9 Å². The van der Waals surface area contributed by atoms with Gasteiger partial charge in [-0.15, -0.1) is 0 Å². The van der Waals surface area contributed by atoms with Crippen LogP contribution >= 0.6 is 11.6 Å². The lowest BCUT2D eigenvalue weighted by Crippen LogP contribution is -2.42. The molecule has 1 aromatic rings. The molecule has 0 fully saturated rings. The number of carbonyl (C=O) groups excluding carboxylic acids is 1. The van der Waals surface area contributed by atoms with Crippen LogP contribution in [0.3, 0.4) is 0 Å². The lowest BCUT2D eigenvalue weighted by Gasteiger charge is -2.25. The van der Waals surface area contributed by atoms with Gasteiger partial charge in [0.05, 0.1) is 6.04 Å². The normalized spacial score (nSPS) is 13.7. The Balaban J connectivity index is 2.95. The van der Waals surface area contributed by atoms with Gasteiger partial charge in [0.1, 0.15) is 0 Å². The van der Waals surface area contributed by atoms with E-state index in [1.54, 1.807) is 24.3 Å². The van der Waals surface area contributed by atoms with Crippen LogP contribution in [0, 0.1) is 5.41 Å². The molecule has 0 aromatic heterocycles. The highest BCUT2D eigenvalue weighted by atomic mass is 35.5. The van der Waals surface area contributed by atoms with Crippen LogP contribution in [0.2, 0.25) is 5.02 Å². The standard InChI is InChI=1S/C12H16ClNO/c1-12(2,3)11(14)10(15)8-5-4-6-9(13)7-8/h4-7,11H,14H2,1-3H3. The van der Waals surface area contributed by atoms with E-state index in [0.29, 0.717) is 10.6 Å². The summed E-state index contributed by atoms with van der Waals surface area (Å²) in [7, 11) is 0. The number of rotatable bonds is 2. The predicted molar refractivity (Wildman–Crippen MR) is 63.2 cm³/mol. The molecule has 0 saturated heterocycles. The zero-order valence-corrected chi connectivity index (χ0v) is 10.0. The first kappa shape index (κ1) is 12.2. The number of ketones is 1. The van der Waals surface area contributed by atoms with Crippen LogP contribution in [0.25, 0.3) is 0 Å². The van der Waals surface area contributed by atoms with E-state index in [-0.39, 0.29) is 11.2 Å². The molecule has 2 N–H and O–H groups in total. The van der Waals surface area contributed by atoms with Gasteiger partial charge in [0.2, 0.25) is 0 Å². The summed E-state index contributed by atoms with van der Waals surface area (Å²) < 4.78 is 0. The second-order valence-electron chi connectivity index (χ2n) is 4.72. The molecule has 0 aliphatic heterocycles. The third-order valence-electron chi connectivity index (χ3n) is 2.32. The number of hydrogen-bond donors (Lipinski definition) is 1. The fraction of sp³-hybridized carbons (Fsp3) is 0.417. The molecular formula is C12H16ClNO. The SMILES string of the molecule is CC(C)(C)C(N)C(=O)c1cccc(Cl)c1. The Morgan fingerprint density at radius 1 is 1.40 bits per heavy atom. The van der Waals surface area contributed by atoms with Crippen molar-refractivity contribution >= 4 is 17.4 Å². The molecule has 1 unspecified atom stereocenters. The smallest absolute Gasteiger partial charge is 0.180 e. The van der Waals surface area contributed by atoms with Gasteiger partial charge in [-0.1, -0.05) is 44.5 Å². The largest absolute Gasteiger partial charge is 0.321 e. The zero-order valence-electron chi connectivity index (χ0n) is 9.25. The minimum Gasteiger partial charge on any atom is -0.321 e. The Kier molecular flexibility index (Phi) is 3.53. The first-order valence-corrected chi connectivity index (χ1v) is 5.25. The van der Waals surface area contributed by atoms with Crippen LogP contribution in [-0.2, 0) is 0 Å². The lowest BCUT2D eigenvalue weighted by atomic mass is 9.83. The third-order valence-corrected chi connectivity index (χ3v) is 2.56. The van der Waals surface area contributed by atoms with Gasteiger partial charge in [-0.05, 0) is 17.5 Å². The van der Waals surface area contributed by atoms with Gasteiger partial charge < -0.3 is 5.73 Å². The Morgan fingerprint density at radius 2 is 2.00 bits per heavy atom. The van der Waals surface area contributed by atoms with E-state index < -0.39 is 6.04 Å². The van der Waals surface area contributed by atoms with E-state index in [9.17, 15) is 4.79 Å². The third kappa shape index (κ3) is 3.05. The Morgan fingerprint density at radius 3 is 2.47 bits per heavy atom. The molecule has 0 aliphatic carbocycles. The van der Waals surface area contributed by atoms with Gasteiger partial charge in [0.15, 0.2) is 5.78 Å². The van der Waals surface area contributed by atoms with Gasteiger partial charge in [-0.3, -0.25) is 4.79 Å². The maximum absolute atomic E-state index is 12.0. The monoisotopic (exact) mass is 225 g/mol. The van der Waals surface area contributed by atoms with E-state index in [1.165, 1.54) is 0 Å². The van der Waals surface area contributed by atoms with E-state index in [1.807, 2.05) is 20.8 Å². The molecule has 0 bridgehead atoms. The highest BCUT2D eigenvalue weighted by molar-refractivity contribution is 6.31. The molecule has 0 heterocycles. The van der Waals surface area contributed by atoms with Gasteiger partial charge in [-0.2, -0.15) is 0 Å². The number of hydrogen-bond acceptors (Lipinski definition) is 2. The summed E-state index contributed by atoms with van der Waals surface area (Å²) in [5.41, 5.74) is 6.22. The fourth-order valence-electron chi connectivity index (χ4n) is 1.21.